The van der Waals surface area contributed by atoms with Gasteiger partial charge in [-0.3, -0.25) is 0 Å². The van der Waals surface area contributed by atoms with Crippen molar-refractivity contribution in [1.29, 1.82) is 0 Å². The van der Waals surface area contributed by atoms with Crippen molar-refractivity contribution in [2.75, 3.05) is 0 Å². The largest absolute Gasteiger partial charge is 0.354 e. The molecule has 0 aliphatic heterocycles. The lowest BCUT2D eigenvalue weighted by molar-refractivity contribution is 1.55. The molecule has 0 aliphatic rings. The van der Waals surface area contributed by atoms with Gasteiger partial charge in [-0.15, -0.1) is 11.3 Å². The molecule has 0 aliphatic carbocycles. The number of nitrogens with one attached hydrogen (secondary N) is 1. The summed E-state index contributed by atoms with van der Waals surface area (Å²) in [6.07, 6.45) is 0. The van der Waals surface area contributed by atoms with Gasteiger partial charge in [-0.2, -0.15) is 0 Å². The first-order valence-electron chi connectivity index (χ1n) is 8.80. The molecule has 6 rings (SSSR count). The summed E-state index contributed by atoms with van der Waals surface area (Å²) < 4.78 is 2.70. The van der Waals surface area contributed by atoms with Crippen LogP contribution in [0.15, 0.2) is 84.9 Å². The number of aromatic nitrogens is 1. The van der Waals surface area contributed by atoms with Gasteiger partial charge in [-0.1, -0.05) is 60.7 Å². The highest BCUT2D eigenvalue weighted by molar-refractivity contribution is 7.25. The first-order valence-corrected chi connectivity index (χ1v) is 9.62. The number of fused-ring (bicyclic) bond motifs is 6. The summed E-state index contributed by atoms with van der Waals surface area (Å²) in [4.78, 5) is 3.57. The zero-order valence-electron chi connectivity index (χ0n) is 14.0. The summed E-state index contributed by atoms with van der Waals surface area (Å²) in [5.74, 6) is 0. The predicted octanol–water partition coefficient (Wildman–Crippen LogP) is 7.36. The van der Waals surface area contributed by atoms with Crippen LogP contribution in [0.4, 0.5) is 0 Å². The van der Waals surface area contributed by atoms with Gasteiger partial charge >= 0.3 is 0 Å². The SMILES string of the molecule is c1ccc2c(c1)[nH]c1cccc(-c3cccc4sc5ccccc5c34)c12. The molecule has 2 heterocycles. The number of rotatable bonds is 1. The molecule has 4 aromatic carbocycles. The van der Waals surface area contributed by atoms with Crippen LogP contribution in [0.1, 0.15) is 0 Å². The van der Waals surface area contributed by atoms with Crippen molar-refractivity contribution >= 4 is 53.3 Å². The number of hydrogen-bond donors (Lipinski definition) is 1. The maximum atomic E-state index is 3.57. The van der Waals surface area contributed by atoms with Crippen molar-refractivity contribution < 1.29 is 0 Å². The molecule has 2 heteroatoms. The van der Waals surface area contributed by atoms with Crippen LogP contribution < -0.4 is 0 Å². The summed E-state index contributed by atoms with van der Waals surface area (Å²) in [5, 5.41) is 5.31. The minimum Gasteiger partial charge on any atom is -0.354 e. The molecule has 0 saturated heterocycles. The maximum Gasteiger partial charge on any atom is 0.0471 e. The fourth-order valence-corrected chi connectivity index (χ4v) is 5.26. The van der Waals surface area contributed by atoms with Crippen LogP contribution in [0.25, 0.3) is 53.1 Å². The third-order valence-corrected chi connectivity index (χ3v) is 6.36. The van der Waals surface area contributed by atoms with Gasteiger partial charge in [0.1, 0.15) is 0 Å². The Morgan fingerprint density at radius 1 is 0.500 bits per heavy atom. The summed E-state index contributed by atoms with van der Waals surface area (Å²) in [6, 6.07) is 30.5. The summed E-state index contributed by atoms with van der Waals surface area (Å²) in [5.41, 5.74) is 5.00. The summed E-state index contributed by atoms with van der Waals surface area (Å²) >= 11 is 1.87. The molecule has 122 valence electrons. The minimum atomic E-state index is 1.19. The first-order chi connectivity index (χ1) is 12.9. The van der Waals surface area contributed by atoms with Gasteiger partial charge in [-0.25, -0.2) is 0 Å². The zero-order chi connectivity index (χ0) is 17.1. The van der Waals surface area contributed by atoms with Gasteiger partial charge in [0.05, 0.1) is 0 Å². The van der Waals surface area contributed by atoms with Crippen LogP contribution in [0.5, 0.6) is 0 Å². The number of aromatic amines is 1. The Kier molecular flexibility index (Phi) is 2.82. The van der Waals surface area contributed by atoms with E-state index >= 15 is 0 Å². The van der Waals surface area contributed by atoms with E-state index in [0.29, 0.717) is 0 Å². The molecule has 0 spiro atoms. The summed E-state index contributed by atoms with van der Waals surface area (Å²) in [6.45, 7) is 0. The molecule has 6 aromatic rings. The Morgan fingerprint density at radius 2 is 1.15 bits per heavy atom. The highest BCUT2D eigenvalue weighted by Crippen LogP contribution is 2.42. The topological polar surface area (TPSA) is 15.8 Å². The Hall–Kier alpha value is -3.10. The van der Waals surface area contributed by atoms with Crippen LogP contribution in [0, 0.1) is 0 Å². The molecule has 1 N–H and O–H groups in total. The standard InChI is InChI=1S/C24H15NS/c1-3-11-19-17(7-1)23-15(9-5-12-20(23)25-19)16-10-6-14-22-24(16)18-8-2-4-13-21(18)26-22/h1-14,25H. The molecule has 2 aromatic heterocycles. The van der Waals surface area contributed by atoms with Gasteiger partial charge < -0.3 is 4.98 Å². The van der Waals surface area contributed by atoms with E-state index in [1.165, 1.54) is 53.1 Å². The number of H-pyrrole nitrogens is 1. The molecule has 0 atom stereocenters. The number of thiophene rings is 1. The Balaban J connectivity index is 1.82. The highest BCUT2D eigenvalue weighted by Gasteiger charge is 2.14. The normalized spacial score (nSPS) is 11.8. The lowest BCUT2D eigenvalue weighted by Gasteiger charge is -2.07. The fourth-order valence-electron chi connectivity index (χ4n) is 4.13. The van der Waals surface area contributed by atoms with Gasteiger partial charge in [-0.05, 0) is 35.4 Å². The van der Waals surface area contributed by atoms with Crippen LogP contribution in [0.2, 0.25) is 0 Å². The van der Waals surface area contributed by atoms with E-state index in [1.807, 2.05) is 11.3 Å². The molecular weight excluding hydrogens is 334 g/mol. The second-order valence-corrected chi connectivity index (χ2v) is 7.76. The molecular formula is C24H15NS. The third-order valence-electron chi connectivity index (χ3n) is 5.22. The van der Waals surface area contributed by atoms with Crippen molar-refractivity contribution in [1.82, 2.24) is 4.98 Å². The van der Waals surface area contributed by atoms with Crippen LogP contribution in [0.3, 0.4) is 0 Å². The number of para-hydroxylation sites is 1. The van der Waals surface area contributed by atoms with E-state index in [9.17, 15) is 0 Å². The van der Waals surface area contributed by atoms with Crippen molar-refractivity contribution in [2.45, 2.75) is 0 Å². The second kappa shape index (κ2) is 5.20. The van der Waals surface area contributed by atoms with Gasteiger partial charge in [0, 0.05) is 42.0 Å². The van der Waals surface area contributed by atoms with Crippen LogP contribution in [-0.4, -0.2) is 4.98 Å². The van der Waals surface area contributed by atoms with Crippen molar-refractivity contribution in [3.63, 3.8) is 0 Å². The molecule has 0 unspecified atom stereocenters. The lowest BCUT2D eigenvalue weighted by atomic mass is 9.95. The van der Waals surface area contributed by atoms with Crippen molar-refractivity contribution in [2.24, 2.45) is 0 Å². The van der Waals surface area contributed by atoms with E-state index < -0.39 is 0 Å². The smallest absolute Gasteiger partial charge is 0.0471 e. The molecule has 1 nitrogen and oxygen atoms in total. The molecule has 0 amide bonds. The first kappa shape index (κ1) is 14.1. The van der Waals surface area contributed by atoms with E-state index in [1.54, 1.807) is 0 Å². The quantitative estimate of drug-likeness (QED) is 0.319. The predicted molar refractivity (Wildman–Crippen MR) is 114 cm³/mol. The van der Waals surface area contributed by atoms with Crippen molar-refractivity contribution in [3.05, 3.63) is 84.9 Å². The van der Waals surface area contributed by atoms with Crippen LogP contribution >= 0.6 is 11.3 Å². The van der Waals surface area contributed by atoms with E-state index in [2.05, 4.69) is 89.9 Å². The minimum absolute atomic E-state index is 1.19. The van der Waals surface area contributed by atoms with Gasteiger partial charge in [0.15, 0.2) is 0 Å². The van der Waals surface area contributed by atoms with E-state index in [4.69, 9.17) is 0 Å². The zero-order valence-corrected chi connectivity index (χ0v) is 14.8. The molecule has 0 radical (unpaired) electrons. The Labute approximate surface area is 154 Å². The molecule has 0 saturated carbocycles. The average molecular weight is 349 g/mol. The number of hydrogen-bond acceptors (Lipinski definition) is 1. The van der Waals surface area contributed by atoms with E-state index in [0.717, 1.165) is 0 Å². The monoisotopic (exact) mass is 349 g/mol. The molecule has 0 bridgehead atoms. The summed E-state index contributed by atoms with van der Waals surface area (Å²) in [7, 11) is 0. The maximum absolute atomic E-state index is 3.57. The molecule has 26 heavy (non-hydrogen) atoms. The Morgan fingerprint density at radius 3 is 2.08 bits per heavy atom. The Bertz CT molecular complexity index is 1320. The molecule has 0 fully saturated rings. The van der Waals surface area contributed by atoms with E-state index in [-0.39, 0.29) is 0 Å². The van der Waals surface area contributed by atoms with Gasteiger partial charge in [0.25, 0.3) is 0 Å². The lowest BCUT2D eigenvalue weighted by Crippen LogP contribution is -1.81. The van der Waals surface area contributed by atoms with Crippen molar-refractivity contribution in [3.8, 4) is 11.1 Å². The average Bonchev–Trinajstić information content (AvgIpc) is 3.26. The van der Waals surface area contributed by atoms with Crippen LogP contribution in [-0.2, 0) is 0 Å². The second-order valence-electron chi connectivity index (χ2n) is 6.68. The number of benzene rings is 4. The fraction of sp³-hybridized carbons (Fsp3) is 0. The van der Waals surface area contributed by atoms with Gasteiger partial charge in [0.2, 0.25) is 0 Å². The third kappa shape index (κ3) is 1.85. The highest BCUT2D eigenvalue weighted by atomic mass is 32.1.